The maximum atomic E-state index is 5.94. The highest BCUT2D eigenvalue weighted by Crippen LogP contribution is 2.40. The number of hydrogen-bond acceptors (Lipinski definition) is 6. The molecule has 0 amide bonds. The van der Waals surface area contributed by atoms with Crippen LogP contribution in [0.25, 0.3) is 0 Å². The molecule has 1 aromatic rings. The van der Waals surface area contributed by atoms with Crippen LogP contribution >= 0.6 is 0 Å². The second-order valence-electron chi connectivity index (χ2n) is 5.14. The summed E-state index contributed by atoms with van der Waals surface area (Å²) in [6.45, 7) is 5.11. The predicted octanol–water partition coefficient (Wildman–Crippen LogP) is -0.177. The minimum Gasteiger partial charge on any atom is -0.486 e. The van der Waals surface area contributed by atoms with E-state index >= 15 is 0 Å². The second-order valence-corrected chi connectivity index (χ2v) is 5.14. The molecule has 0 aromatic heterocycles. The predicted molar refractivity (Wildman–Crippen MR) is 78.2 cm³/mol. The van der Waals surface area contributed by atoms with Crippen molar-refractivity contribution < 1.29 is 9.47 Å². The van der Waals surface area contributed by atoms with E-state index in [9.17, 15) is 0 Å². The zero-order chi connectivity index (χ0) is 13.9. The van der Waals surface area contributed by atoms with Crippen molar-refractivity contribution in [2.45, 2.75) is 6.04 Å². The number of benzene rings is 1. The van der Waals surface area contributed by atoms with E-state index in [2.05, 4.69) is 15.9 Å². The molecule has 0 bridgehead atoms. The van der Waals surface area contributed by atoms with Gasteiger partial charge in [0, 0.05) is 32.8 Å². The fraction of sp³-hybridized carbons (Fsp3) is 0.571. The minimum absolute atomic E-state index is 0.254. The largest absolute Gasteiger partial charge is 0.486 e. The highest BCUT2D eigenvalue weighted by Gasteiger charge is 2.29. The van der Waals surface area contributed by atoms with Gasteiger partial charge in [0.2, 0.25) is 0 Å². The molecule has 20 heavy (non-hydrogen) atoms. The molecule has 6 nitrogen and oxygen atoms in total. The Hall–Kier alpha value is -1.50. The highest BCUT2D eigenvalue weighted by atomic mass is 16.6. The SMILES string of the molecule is NCC1CN(CN)CCN1c1cccc2c1OCCO2. The summed E-state index contributed by atoms with van der Waals surface area (Å²) < 4.78 is 11.5. The lowest BCUT2D eigenvalue weighted by atomic mass is 10.1. The normalized spacial score (nSPS) is 22.9. The molecule has 1 aromatic carbocycles. The van der Waals surface area contributed by atoms with E-state index in [0.29, 0.717) is 26.4 Å². The number of hydrogen-bond donors (Lipinski definition) is 2. The van der Waals surface area contributed by atoms with Gasteiger partial charge in [-0.25, -0.2) is 0 Å². The van der Waals surface area contributed by atoms with Crippen LogP contribution in [0.1, 0.15) is 0 Å². The van der Waals surface area contributed by atoms with Crippen molar-refractivity contribution in [2.75, 3.05) is 51.0 Å². The third kappa shape index (κ3) is 2.42. The van der Waals surface area contributed by atoms with E-state index in [4.69, 9.17) is 20.9 Å². The van der Waals surface area contributed by atoms with Crippen LogP contribution < -0.4 is 25.8 Å². The Morgan fingerprint density at radius 1 is 1.15 bits per heavy atom. The molecule has 110 valence electrons. The lowest BCUT2D eigenvalue weighted by Gasteiger charge is -2.42. The van der Waals surface area contributed by atoms with E-state index in [1.807, 2.05) is 12.1 Å². The maximum Gasteiger partial charge on any atom is 0.184 e. The molecule has 1 unspecified atom stereocenters. The van der Waals surface area contributed by atoms with Crippen molar-refractivity contribution in [2.24, 2.45) is 11.5 Å². The van der Waals surface area contributed by atoms with Gasteiger partial charge in [0.15, 0.2) is 11.5 Å². The fourth-order valence-corrected chi connectivity index (χ4v) is 2.89. The van der Waals surface area contributed by atoms with Crippen LogP contribution in [0.5, 0.6) is 11.5 Å². The number of piperazine rings is 1. The summed E-state index contributed by atoms with van der Waals surface area (Å²) in [6, 6.07) is 6.29. The average molecular weight is 278 g/mol. The van der Waals surface area contributed by atoms with Crippen molar-refractivity contribution in [3.63, 3.8) is 0 Å². The zero-order valence-corrected chi connectivity index (χ0v) is 11.6. The molecule has 1 saturated heterocycles. The van der Waals surface area contributed by atoms with Gasteiger partial charge in [-0.1, -0.05) is 6.07 Å². The van der Waals surface area contributed by atoms with Crippen molar-refractivity contribution in [3.8, 4) is 11.5 Å². The van der Waals surface area contributed by atoms with Gasteiger partial charge in [0.25, 0.3) is 0 Å². The number of ether oxygens (including phenoxy) is 2. The Kier molecular flexibility index (Phi) is 3.95. The maximum absolute atomic E-state index is 5.94. The van der Waals surface area contributed by atoms with Gasteiger partial charge in [-0.15, -0.1) is 0 Å². The Balaban J connectivity index is 1.88. The third-order valence-electron chi connectivity index (χ3n) is 3.95. The van der Waals surface area contributed by atoms with Crippen LogP contribution in [0.4, 0.5) is 5.69 Å². The first-order valence-corrected chi connectivity index (χ1v) is 7.11. The Bertz CT molecular complexity index is 468. The van der Waals surface area contributed by atoms with Gasteiger partial charge in [0.05, 0.1) is 11.7 Å². The number of anilines is 1. The topological polar surface area (TPSA) is 77.0 Å². The van der Waals surface area contributed by atoms with Gasteiger partial charge >= 0.3 is 0 Å². The van der Waals surface area contributed by atoms with Crippen molar-refractivity contribution >= 4 is 5.69 Å². The fourth-order valence-electron chi connectivity index (χ4n) is 2.89. The van der Waals surface area contributed by atoms with E-state index in [1.165, 1.54) is 0 Å². The molecule has 4 N–H and O–H groups in total. The smallest absolute Gasteiger partial charge is 0.184 e. The highest BCUT2D eigenvalue weighted by molar-refractivity contribution is 5.66. The summed E-state index contributed by atoms with van der Waals surface area (Å²) in [6.07, 6.45) is 0. The Morgan fingerprint density at radius 2 is 2.00 bits per heavy atom. The number of nitrogens with zero attached hydrogens (tertiary/aromatic N) is 2. The van der Waals surface area contributed by atoms with Gasteiger partial charge in [-0.05, 0) is 12.1 Å². The number of rotatable bonds is 3. The van der Waals surface area contributed by atoms with E-state index < -0.39 is 0 Å². The van der Waals surface area contributed by atoms with Crippen LogP contribution in [-0.2, 0) is 0 Å². The molecule has 2 heterocycles. The average Bonchev–Trinajstić information content (AvgIpc) is 2.53. The summed E-state index contributed by atoms with van der Waals surface area (Å²) in [4.78, 5) is 4.54. The second kappa shape index (κ2) is 5.87. The lowest BCUT2D eigenvalue weighted by molar-refractivity contribution is 0.170. The van der Waals surface area contributed by atoms with Gasteiger partial charge in [0.1, 0.15) is 13.2 Å². The summed E-state index contributed by atoms with van der Waals surface area (Å²) in [7, 11) is 0. The van der Waals surface area contributed by atoms with E-state index in [-0.39, 0.29) is 6.04 Å². The van der Waals surface area contributed by atoms with Crippen LogP contribution in [0, 0.1) is 0 Å². The molecule has 1 atom stereocenters. The van der Waals surface area contributed by atoms with Crippen molar-refractivity contribution in [3.05, 3.63) is 18.2 Å². The first kappa shape index (κ1) is 13.5. The first-order chi connectivity index (χ1) is 9.83. The molecule has 3 rings (SSSR count). The van der Waals surface area contributed by atoms with E-state index in [0.717, 1.165) is 36.8 Å². The van der Waals surface area contributed by atoms with Crippen LogP contribution in [0.15, 0.2) is 18.2 Å². The van der Waals surface area contributed by atoms with Crippen molar-refractivity contribution in [1.82, 2.24) is 4.90 Å². The molecule has 0 saturated carbocycles. The number of nitrogens with two attached hydrogens (primary N) is 2. The van der Waals surface area contributed by atoms with Gasteiger partial charge in [-0.2, -0.15) is 0 Å². The molecule has 2 aliphatic rings. The summed E-state index contributed by atoms with van der Waals surface area (Å²) in [5, 5.41) is 0. The van der Waals surface area contributed by atoms with Gasteiger partial charge in [-0.3, -0.25) is 4.90 Å². The molecular formula is C14H22N4O2. The molecule has 6 heteroatoms. The number of para-hydroxylation sites is 1. The molecule has 0 aliphatic carbocycles. The Labute approximate surface area is 119 Å². The molecule has 0 spiro atoms. The molecule has 1 fully saturated rings. The minimum atomic E-state index is 0.254. The Morgan fingerprint density at radius 3 is 2.80 bits per heavy atom. The van der Waals surface area contributed by atoms with E-state index in [1.54, 1.807) is 0 Å². The number of fused-ring (bicyclic) bond motifs is 1. The first-order valence-electron chi connectivity index (χ1n) is 7.11. The molecular weight excluding hydrogens is 256 g/mol. The quantitative estimate of drug-likeness (QED) is 0.799. The zero-order valence-electron chi connectivity index (χ0n) is 11.6. The lowest BCUT2D eigenvalue weighted by Crippen LogP contribution is -2.57. The summed E-state index contributed by atoms with van der Waals surface area (Å²) in [5.41, 5.74) is 12.8. The third-order valence-corrected chi connectivity index (χ3v) is 3.95. The monoisotopic (exact) mass is 278 g/mol. The van der Waals surface area contributed by atoms with Crippen molar-refractivity contribution in [1.29, 1.82) is 0 Å². The van der Waals surface area contributed by atoms with Crippen LogP contribution in [0.2, 0.25) is 0 Å². The van der Waals surface area contributed by atoms with Crippen LogP contribution in [0.3, 0.4) is 0 Å². The summed E-state index contributed by atoms with van der Waals surface area (Å²) >= 11 is 0. The van der Waals surface area contributed by atoms with Crippen LogP contribution in [-0.4, -0.2) is 57.0 Å². The summed E-state index contributed by atoms with van der Waals surface area (Å²) in [5.74, 6) is 1.67. The molecule has 2 aliphatic heterocycles. The van der Waals surface area contributed by atoms with Gasteiger partial charge < -0.3 is 25.8 Å². The standard InChI is InChI=1S/C14H22N4O2/c15-8-11-9-17(10-16)4-5-18(11)12-2-1-3-13-14(12)20-7-6-19-13/h1-3,11H,4-10,15-16H2. The molecule has 0 radical (unpaired) electrons.